The summed E-state index contributed by atoms with van der Waals surface area (Å²) in [5, 5.41) is 19.8. The number of aliphatic hydroxyl groups is 2. The molecule has 0 radical (unpaired) electrons. The first-order chi connectivity index (χ1) is 17.7. The largest absolute Gasteiger partial charge is 0.430 e. The molecule has 214 valence electrons. The Morgan fingerprint density at radius 2 is 0.692 bits per heavy atom. The third-order valence-corrected chi connectivity index (χ3v) is 8.08. The summed E-state index contributed by atoms with van der Waals surface area (Å²) in [6.07, 6.45) is -26.6. The van der Waals surface area contributed by atoms with E-state index in [1.165, 1.54) is 60.7 Å². The van der Waals surface area contributed by atoms with Crippen LogP contribution in [0.5, 0.6) is 0 Å². The average Bonchev–Trinajstić information content (AvgIpc) is 2.81. The highest BCUT2D eigenvalue weighted by molar-refractivity contribution is 8.17. The van der Waals surface area contributed by atoms with Crippen LogP contribution < -0.4 is 0 Å². The molecule has 2 nitrogen and oxygen atoms in total. The standard InChI is InChI=1S/C24H16F12O2S/c25-21(26,27)19(37,22(28,29)30)14-11-15(20(38,23(31,32)33)24(34,35)36)13-18(12-14)39(16-7-3-1-4-8-16)17-9-5-2-6-10-17/h1-13,37-39H. The molecular weight excluding hydrogens is 580 g/mol. The molecule has 3 aromatic carbocycles. The van der Waals surface area contributed by atoms with E-state index in [2.05, 4.69) is 0 Å². The highest BCUT2D eigenvalue weighted by Gasteiger charge is 2.74. The van der Waals surface area contributed by atoms with Gasteiger partial charge >= 0.3 is 24.7 Å². The van der Waals surface area contributed by atoms with Crippen LogP contribution in [-0.2, 0) is 11.2 Å². The molecule has 0 aliphatic heterocycles. The van der Waals surface area contributed by atoms with Gasteiger partial charge in [-0.25, -0.2) is 0 Å². The van der Waals surface area contributed by atoms with Crippen molar-refractivity contribution in [3.8, 4) is 0 Å². The monoisotopic (exact) mass is 596 g/mol. The molecule has 15 heteroatoms. The van der Waals surface area contributed by atoms with Crippen molar-refractivity contribution in [2.24, 2.45) is 0 Å². The van der Waals surface area contributed by atoms with Crippen molar-refractivity contribution in [3.05, 3.63) is 90.0 Å². The highest BCUT2D eigenvalue weighted by atomic mass is 32.2. The van der Waals surface area contributed by atoms with Crippen LogP contribution >= 0.6 is 10.9 Å². The van der Waals surface area contributed by atoms with Gasteiger partial charge in [-0.1, -0.05) is 36.4 Å². The fraction of sp³-hybridized carbons (Fsp3) is 0.250. The first-order valence-electron chi connectivity index (χ1n) is 10.4. The van der Waals surface area contributed by atoms with E-state index in [1.54, 1.807) is 0 Å². The summed E-state index contributed by atoms with van der Waals surface area (Å²) in [6, 6.07) is 13.0. The molecule has 0 aromatic heterocycles. The molecule has 0 amide bonds. The number of hydrogen-bond acceptors (Lipinski definition) is 2. The molecule has 0 heterocycles. The molecule has 0 saturated heterocycles. The Balaban J connectivity index is 2.54. The van der Waals surface area contributed by atoms with E-state index in [0.717, 1.165) is 0 Å². The number of alkyl halides is 12. The van der Waals surface area contributed by atoms with E-state index in [4.69, 9.17) is 0 Å². The second-order valence-electron chi connectivity index (χ2n) is 8.19. The number of thiol groups is 1. The molecule has 0 unspecified atom stereocenters. The maximum atomic E-state index is 13.7. The fourth-order valence-electron chi connectivity index (χ4n) is 3.74. The van der Waals surface area contributed by atoms with Crippen LogP contribution in [-0.4, -0.2) is 34.9 Å². The molecule has 3 aromatic rings. The van der Waals surface area contributed by atoms with E-state index in [-0.39, 0.29) is 21.9 Å². The summed E-state index contributed by atoms with van der Waals surface area (Å²) in [5.74, 6) is 0. The smallest absolute Gasteiger partial charge is 0.369 e. The van der Waals surface area contributed by atoms with Crippen LogP contribution in [0.2, 0.25) is 0 Å². The van der Waals surface area contributed by atoms with E-state index in [1.807, 2.05) is 0 Å². The first-order valence-corrected chi connectivity index (χ1v) is 11.8. The highest BCUT2D eigenvalue weighted by Crippen LogP contribution is 2.58. The van der Waals surface area contributed by atoms with Gasteiger partial charge in [0.05, 0.1) is 0 Å². The Bertz CT molecular complexity index is 1160. The van der Waals surface area contributed by atoms with Crippen LogP contribution in [0.3, 0.4) is 0 Å². The number of halogens is 12. The normalized spacial score (nSPS) is 14.4. The van der Waals surface area contributed by atoms with Gasteiger partial charge in [-0.2, -0.15) is 63.6 Å². The zero-order chi connectivity index (χ0) is 29.7. The second-order valence-corrected chi connectivity index (χ2v) is 10.4. The molecule has 39 heavy (non-hydrogen) atoms. The molecule has 2 N–H and O–H groups in total. The van der Waals surface area contributed by atoms with Gasteiger partial charge < -0.3 is 10.2 Å². The van der Waals surface area contributed by atoms with Crippen molar-refractivity contribution in [1.82, 2.24) is 0 Å². The van der Waals surface area contributed by atoms with Crippen LogP contribution in [0.25, 0.3) is 0 Å². The van der Waals surface area contributed by atoms with Gasteiger partial charge in [-0.15, -0.1) is 0 Å². The Hall–Kier alpha value is -2.91. The van der Waals surface area contributed by atoms with Crippen molar-refractivity contribution in [1.29, 1.82) is 0 Å². The Kier molecular flexibility index (Phi) is 7.80. The lowest BCUT2D eigenvalue weighted by Gasteiger charge is -2.37. The maximum Gasteiger partial charge on any atom is 0.430 e. The van der Waals surface area contributed by atoms with Crippen LogP contribution in [0.15, 0.2) is 93.5 Å². The van der Waals surface area contributed by atoms with Crippen LogP contribution in [0.4, 0.5) is 52.7 Å². The van der Waals surface area contributed by atoms with E-state index >= 15 is 0 Å². The van der Waals surface area contributed by atoms with Gasteiger partial charge in [0.1, 0.15) is 0 Å². The Labute approximate surface area is 214 Å². The quantitative estimate of drug-likeness (QED) is 0.208. The fourth-order valence-corrected chi connectivity index (χ4v) is 6.11. The third kappa shape index (κ3) is 5.31. The van der Waals surface area contributed by atoms with Gasteiger partial charge in [0.15, 0.2) is 0 Å². The summed E-state index contributed by atoms with van der Waals surface area (Å²) in [5.41, 5.74) is -16.6. The topological polar surface area (TPSA) is 40.5 Å². The van der Waals surface area contributed by atoms with Crippen molar-refractivity contribution in [2.45, 2.75) is 50.6 Å². The second kappa shape index (κ2) is 9.93. The number of benzene rings is 3. The summed E-state index contributed by atoms with van der Waals surface area (Å²) < 4.78 is 164. The molecular formula is C24H16F12O2S. The predicted octanol–water partition coefficient (Wildman–Crippen LogP) is 7.79. The first kappa shape index (κ1) is 30.6. The minimum Gasteiger partial charge on any atom is -0.369 e. The summed E-state index contributed by atoms with van der Waals surface area (Å²) in [7, 11) is -2.41. The predicted molar refractivity (Wildman–Crippen MR) is 115 cm³/mol. The third-order valence-electron chi connectivity index (χ3n) is 5.68. The van der Waals surface area contributed by atoms with Crippen molar-refractivity contribution in [3.63, 3.8) is 0 Å². The van der Waals surface area contributed by atoms with Crippen molar-refractivity contribution < 1.29 is 62.9 Å². The molecule has 0 aliphatic carbocycles. The zero-order valence-electron chi connectivity index (χ0n) is 18.9. The average molecular weight is 596 g/mol. The molecule has 0 atom stereocenters. The zero-order valence-corrected chi connectivity index (χ0v) is 19.8. The van der Waals surface area contributed by atoms with E-state index in [0.29, 0.717) is 0 Å². The minimum atomic E-state index is -6.64. The van der Waals surface area contributed by atoms with Gasteiger partial charge in [0, 0.05) is 11.1 Å². The number of rotatable bonds is 5. The molecule has 0 spiro atoms. The number of hydrogen-bond donors (Lipinski definition) is 3. The summed E-state index contributed by atoms with van der Waals surface area (Å²) in [6.45, 7) is 0. The molecule has 0 fully saturated rings. The summed E-state index contributed by atoms with van der Waals surface area (Å²) in [4.78, 5) is -0.632. The maximum absolute atomic E-state index is 13.7. The SMILES string of the molecule is OC(c1cc([SH](c2ccccc2)c2ccccc2)cc(C(O)(C(F)(F)F)C(F)(F)F)c1)(C(F)(F)F)C(F)(F)F. The Morgan fingerprint density at radius 3 is 0.949 bits per heavy atom. The van der Waals surface area contributed by atoms with Gasteiger partial charge in [0.25, 0.3) is 11.2 Å². The molecule has 0 aliphatic rings. The minimum absolute atomic E-state index is 0.0450. The molecule has 0 bridgehead atoms. The van der Waals surface area contributed by atoms with E-state index < -0.39 is 68.9 Å². The van der Waals surface area contributed by atoms with Crippen LogP contribution in [0, 0.1) is 0 Å². The van der Waals surface area contributed by atoms with Crippen molar-refractivity contribution >= 4 is 10.9 Å². The van der Waals surface area contributed by atoms with Crippen molar-refractivity contribution in [2.75, 3.05) is 0 Å². The van der Waals surface area contributed by atoms with Crippen LogP contribution in [0.1, 0.15) is 11.1 Å². The lowest BCUT2D eigenvalue weighted by Crippen LogP contribution is -2.55. The molecule has 0 saturated carbocycles. The lowest BCUT2D eigenvalue weighted by molar-refractivity contribution is -0.378. The van der Waals surface area contributed by atoms with E-state index in [9.17, 15) is 62.9 Å². The molecule has 3 rings (SSSR count). The van der Waals surface area contributed by atoms with Gasteiger partial charge in [0.2, 0.25) is 0 Å². The van der Waals surface area contributed by atoms with Gasteiger partial charge in [-0.3, -0.25) is 0 Å². The lowest BCUT2D eigenvalue weighted by atomic mass is 9.85. The summed E-state index contributed by atoms with van der Waals surface area (Å²) >= 11 is 0. The van der Waals surface area contributed by atoms with Gasteiger partial charge in [-0.05, 0) is 57.2 Å². The Morgan fingerprint density at radius 1 is 0.410 bits per heavy atom.